The Hall–Kier alpha value is -2.44. The molecule has 0 amide bonds. The number of piperidine rings is 1. The first-order valence-electron chi connectivity index (χ1n) is 7.04. The first kappa shape index (κ1) is 13.5. The standard InChI is InChI=1S/C14H17N5O2/c1-10-8-12(19(20)21)14(17-9-10)18-7-3-2-4-11(18)13-15-5-6-16-13/h5-6,8-9,11H,2-4,7H2,1H3,(H,15,16)/t11-/m0/s1. The van der Waals surface area contributed by atoms with Gasteiger partial charge in [0, 0.05) is 31.2 Å². The van der Waals surface area contributed by atoms with Crippen LogP contribution in [0.1, 0.15) is 36.7 Å². The Balaban J connectivity index is 2.03. The van der Waals surface area contributed by atoms with E-state index in [1.807, 2.05) is 11.8 Å². The van der Waals surface area contributed by atoms with Crippen molar-refractivity contribution in [2.75, 3.05) is 11.4 Å². The average molecular weight is 287 g/mol. The molecule has 1 aliphatic rings. The maximum absolute atomic E-state index is 11.3. The first-order valence-corrected chi connectivity index (χ1v) is 7.04. The molecule has 3 rings (SSSR count). The largest absolute Gasteiger partial charge is 0.347 e. The lowest BCUT2D eigenvalue weighted by Gasteiger charge is -2.35. The summed E-state index contributed by atoms with van der Waals surface area (Å²) in [6, 6.07) is 1.60. The number of H-pyrrole nitrogens is 1. The molecule has 1 atom stereocenters. The highest BCUT2D eigenvalue weighted by Gasteiger charge is 2.31. The van der Waals surface area contributed by atoms with Gasteiger partial charge in [0.1, 0.15) is 5.82 Å². The predicted molar refractivity (Wildman–Crippen MR) is 78.2 cm³/mol. The number of aromatic amines is 1. The fourth-order valence-electron chi connectivity index (χ4n) is 2.83. The molecule has 0 bridgehead atoms. The van der Waals surface area contributed by atoms with Crippen molar-refractivity contribution in [3.63, 3.8) is 0 Å². The number of hydrogen-bond acceptors (Lipinski definition) is 5. The van der Waals surface area contributed by atoms with E-state index in [1.54, 1.807) is 24.7 Å². The van der Waals surface area contributed by atoms with Gasteiger partial charge in [-0.25, -0.2) is 9.97 Å². The Morgan fingerprint density at radius 3 is 3.00 bits per heavy atom. The van der Waals surface area contributed by atoms with Gasteiger partial charge in [0.05, 0.1) is 11.0 Å². The third-order valence-electron chi connectivity index (χ3n) is 3.79. The minimum atomic E-state index is -0.358. The quantitative estimate of drug-likeness (QED) is 0.692. The van der Waals surface area contributed by atoms with Crippen LogP contribution >= 0.6 is 0 Å². The maximum Gasteiger partial charge on any atom is 0.311 e. The molecule has 110 valence electrons. The van der Waals surface area contributed by atoms with Crippen LogP contribution in [0.25, 0.3) is 0 Å². The number of anilines is 1. The smallest absolute Gasteiger partial charge is 0.311 e. The second-order valence-corrected chi connectivity index (χ2v) is 5.29. The number of nitrogens with one attached hydrogen (secondary N) is 1. The van der Waals surface area contributed by atoms with Crippen molar-refractivity contribution < 1.29 is 4.92 Å². The van der Waals surface area contributed by atoms with Gasteiger partial charge in [0.25, 0.3) is 0 Å². The monoisotopic (exact) mass is 287 g/mol. The molecule has 0 radical (unpaired) electrons. The van der Waals surface area contributed by atoms with Crippen LogP contribution in [0.15, 0.2) is 24.7 Å². The lowest BCUT2D eigenvalue weighted by atomic mass is 10.0. The van der Waals surface area contributed by atoms with E-state index in [1.165, 1.54) is 0 Å². The van der Waals surface area contributed by atoms with Crippen LogP contribution in [0.3, 0.4) is 0 Å². The van der Waals surface area contributed by atoms with Crippen molar-refractivity contribution in [1.82, 2.24) is 15.0 Å². The number of aromatic nitrogens is 3. The van der Waals surface area contributed by atoms with E-state index in [2.05, 4.69) is 15.0 Å². The molecular weight excluding hydrogens is 270 g/mol. The van der Waals surface area contributed by atoms with Gasteiger partial charge in [-0.15, -0.1) is 0 Å². The topological polar surface area (TPSA) is 88.0 Å². The molecule has 1 N–H and O–H groups in total. The summed E-state index contributed by atoms with van der Waals surface area (Å²) in [5.74, 6) is 1.28. The molecule has 2 aromatic rings. The Kier molecular flexibility index (Phi) is 3.55. The zero-order valence-electron chi connectivity index (χ0n) is 11.8. The second kappa shape index (κ2) is 5.51. The lowest BCUT2D eigenvalue weighted by Crippen LogP contribution is -2.35. The van der Waals surface area contributed by atoms with Gasteiger partial charge in [-0.2, -0.15) is 0 Å². The van der Waals surface area contributed by atoms with Crippen LogP contribution < -0.4 is 4.90 Å². The van der Waals surface area contributed by atoms with Gasteiger partial charge in [-0.05, 0) is 31.7 Å². The molecule has 1 fully saturated rings. The fraction of sp³-hybridized carbons (Fsp3) is 0.429. The molecule has 1 saturated heterocycles. The minimum Gasteiger partial charge on any atom is -0.347 e. The number of hydrogen-bond donors (Lipinski definition) is 1. The minimum absolute atomic E-state index is 0.0163. The number of nitro groups is 1. The van der Waals surface area contributed by atoms with Crippen molar-refractivity contribution in [2.45, 2.75) is 32.2 Å². The van der Waals surface area contributed by atoms with Gasteiger partial charge >= 0.3 is 5.69 Å². The van der Waals surface area contributed by atoms with Gasteiger partial charge in [0.2, 0.25) is 5.82 Å². The van der Waals surface area contributed by atoms with Crippen LogP contribution in [-0.2, 0) is 0 Å². The molecule has 21 heavy (non-hydrogen) atoms. The highest BCUT2D eigenvalue weighted by molar-refractivity contribution is 5.59. The number of nitrogens with zero attached hydrogens (tertiary/aromatic N) is 4. The molecule has 3 heterocycles. The third-order valence-corrected chi connectivity index (χ3v) is 3.79. The molecule has 0 unspecified atom stereocenters. The molecule has 7 heteroatoms. The lowest BCUT2D eigenvalue weighted by molar-refractivity contribution is -0.384. The highest BCUT2D eigenvalue weighted by atomic mass is 16.6. The molecule has 2 aromatic heterocycles. The van der Waals surface area contributed by atoms with E-state index in [4.69, 9.17) is 0 Å². The number of pyridine rings is 1. The van der Waals surface area contributed by atoms with E-state index >= 15 is 0 Å². The fourth-order valence-corrected chi connectivity index (χ4v) is 2.83. The Morgan fingerprint density at radius 1 is 1.43 bits per heavy atom. The van der Waals surface area contributed by atoms with Crippen LogP contribution in [0.4, 0.5) is 11.5 Å². The van der Waals surface area contributed by atoms with Gasteiger partial charge in [-0.1, -0.05) is 0 Å². The van der Waals surface area contributed by atoms with Crippen LogP contribution in [0.2, 0.25) is 0 Å². The molecular formula is C14H17N5O2. The zero-order valence-corrected chi connectivity index (χ0v) is 11.8. The van der Waals surface area contributed by atoms with Gasteiger partial charge in [-0.3, -0.25) is 10.1 Å². The van der Waals surface area contributed by atoms with Gasteiger partial charge < -0.3 is 9.88 Å². The van der Waals surface area contributed by atoms with Crippen molar-refractivity contribution in [1.29, 1.82) is 0 Å². The summed E-state index contributed by atoms with van der Waals surface area (Å²) in [5, 5.41) is 11.3. The first-order chi connectivity index (χ1) is 10.2. The zero-order chi connectivity index (χ0) is 14.8. The van der Waals surface area contributed by atoms with Crippen LogP contribution in [0, 0.1) is 17.0 Å². The molecule has 1 aliphatic heterocycles. The Labute approximate surface area is 122 Å². The summed E-state index contributed by atoms with van der Waals surface area (Å²) >= 11 is 0. The summed E-state index contributed by atoms with van der Waals surface area (Å²) < 4.78 is 0. The van der Waals surface area contributed by atoms with Crippen molar-refractivity contribution in [3.8, 4) is 0 Å². The average Bonchev–Trinajstić information content (AvgIpc) is 3.01. The summed E-state index contributed by atoms with van der Waals surface area (Å²) in [4.78, 5) is 24.7. The molecule has 0 spiro atoms. The van der Waals surface area contributed by atoms with Gasteiger partial charge in [0.15, 0.2) is 0 Å². The second-order valence-electron chi connectivity index (χ2n) is 5.29. The molecule has 0 aromatic carbocycles. The highest BCUT2D eigenvalue weighted by Crippen LogP contribution is 2.37. The molecule has 0 aliphatic carbocycles. The SMILES string of the molecule is Cc1cnc(N2CCCC[C@H]2c2ncc[nH]2)c([N+](=O)[O-])c1. The summed E-state index contributed by atoms with van der Waals surface area (Å²) in [6.07, 6.45) is 8.17. The summed E-state index contributed by atoms with van der Waals surface area (Å²) in [5.41, 5.74) is 0.852. The molecule has 0 saturated carbocycles. The van der Waals surface area contributed by atoms with Crippen LogP contribution in [0.5, 0.6) is 0 Å². The van der Waals surface area contributed by atoms with E-state index in [0.29, 0.717) is 5.82 Å². The van der Waals surface area contributed by atoms with Crippen molar-refractivity contribution in [2.24, 2.45) is 0 Å². The maximum atomic E-state index is 11.3. The van der Waals surface area contributed by atoms with E-state index < -0.39 is 0 Å². The predicted octanol–water partition coefficient (Wildman–Crippen LogP) is 2.75. The normalized spacial score (nSPS) is 18.7. The van der Waals surface area contributed by atoms with Crippen molar-refractivity contribution >= 4 is 11.5 Å². The summed E-state index contributed by atoms with van der Waals surface area (Å²) in [6.45, 7) is 2.56. The molecule has 7 nitrogen and oxygen atoms in total. The van der Waals surface area contributed by atoms with Crippen LogP contribution in [-0.4, -0.2) is 26.4 Å². The van der Waals surface area contributed by atoms with E-state index in [0.717, 1.165) is 37.2 Å². The van der Waals surface area contributed by atoms with Crippen molar-refractivity contribution in [3.05, 3.63) is 46.2 Å². The number of aryl methyl sites for hydroxylation is 1. The number of imidazole rings is 1. The third kappa shape index (κ3) is 2.58. The Morgan fingerprint density at radius 2 is 2.29 bits per heavy atom. The Bertz CT molecular complexity index is 641. The van der Waals surface area contributed by atoms with E-state index in [9.17, 15) is 10.1 Å². The number of rotatable bonds is 3. The summed E-state index contributed by atoms with van der Waals surface area (Å²) in [7, 11) is 0. The van der Waals surface area contributed by atoms with E-state index in [-0.39, 0.29) is 16.7 Å².